The maximum atomic E-state index is 11.7. The van der Waals surface area contributed by atoms with Crippen LogP contribution in [0.3, 0.4) is 0 Å². The van der Waals surface area contributed by atoms with E-state index >= 15 is 0 Å². The molecular formula is C19H16N2O6. The van der Waals surface area contributed by atoms with Crippen molar-refractivity contribution >= 4 is 29.5 Å². The molecule has 0 saturated heterocycles. The van der Waals surface area contributed by atoms with Crippen LogP contribution in [-0.2, 0) is 25.5 Å². The summed E-state index contributed by atoms with van der Waals surface area (Å²) >= 11 is 0. The van der Waals surface area contributed by atoms with Crippen LogP contribution in [-0.4, -0.2) is 29.3 Å². The Morgan fingerprint density at radius 3 is 2.30 bits per heavy atom. The molecule has 0 aliphatic heterocycles. The second-order valence-electron chi connectivity index (χ2n) is 5.42. The third kappa shape index (κ3) is 6.91. The number of esters is 1. The quantitative estimate of drug-likeness (QED) is 0.346. The van der Waals surface area contributed by atoms with Gasteiger partial charge in [-0.15, -0.1) is 0 Å². The number of ether oxygens (including phenoxy) is 1. The molecule has 0 saturated carbocycles. The van der Waals surface area contributed by atoms with Crippen LogP contribution in [0.4, 0.5) is 5.69 Å². The molecule has 1 N–H and O–H groups in total. The topological polar surface area (TPSA) is 116 Å². The lowest BCUT2D eigenvalue weighted by atomic mass is 10.1. The number of hydrogen-bond donors (Lipinski definition) is 1. The predicted molar refractivity (Wildman–Crippen MR) is 96.4 cm³/mol. The van der Waals surface area contributed by atoms with E-state index in [9.17, 15) is 24.5 Å². The fourth-order valence-electron chi connectivity index (χ4n) is 2.07. The SMILES string of the molecule is O=C(COC(=O)/C=C/c1ccc([N+](=O)[O-])cc1)NC(=O)Cc1ccccc1. The molecule has 0 aliphatic carbocycles. The molecule has 0 heterocycles. The van der Waals surface area contributed by atoms with E-state index in [0.717, 1.165) is 11.6 Å². The van der Waals surface area contributed by atoms with E-state index in [0.29, 0.717) is 5.56 Å². The standard InChI is InChI=1S/C19H16N2O6/c22-17(12-15-4-2-1-3-5-15)20-18(23)13-27-19(24)11-8-14-6-9-16(10-7-14)21(25)26/h1-11H,12-13H2,(H,20,22,23)/b11-8+. The van der Waals surface area contributed by atoms with Crippen molar-refractivity contribution < 1.29 is 24.0 Å². The number of non-ortho nitro benzene ring substituents is 1. The smallest absolute Gasteiger partial charge is 0.331 e. The second-order valence-corrected chi connectivity index (χ2v) is 5.42. The Balaban J connectivity index is 1.74. The van der Waals surface area contributed by atoms with Crippen molar-refractivity contribution in [1.29, 1.82) is 0 Å². The molecule has 0 atom stereocenters. The number of benzene rings is 2. The predicted octanol–water partition coefficient (Wildman–Crippen LogP) is 2.04. The van der Waals surface area contributed by atoms with E-state index in [1.807, 2.05) is 6.07 Å². The zero-order valence-corrected chi connectivity index (χ0v) is 14.2. The van der Waals surface area contributed by atoms with Gasteiger partial charge in [-0.3, -0.25) is 25.0 Å². The Kier molecular flexibility index (Phi) is 6.95. The molecule has 2 rings (SSSR count). The lowest BCUT2D eigenvalue weighted by Gasteiger charge is -2.04. The molecule has 0 fully saturated rings. The minimum absolute atomic E-state index is 0.0422. The highest BCUT2D eigenvalue weighted by Gasteiger charge is 2.10. The third-order valence-electron chi connectivity index (χ3n) is 3.35. The van der Waals surface area contributed by atoms with Gasteiger partial charge in [0.15, 0.2) is 6.61 Å². The highest BCUT2D eigenvalue weighted by Crippen LogP contribution is 2.12. The van der Waals surface area contributed by atoms with Crippen molar-refractivity contribution in [1.82, 2.24) is 5.32 Å². The van der Waals surface area contributed by atoms with Gasteiger partial charge in [0.25, 0.3) is 11.6 Å². The molecular weight excluding hydrogens is 352 g/mol. The average Bonchev–Trinajstić information content (AvgIpc) is 2.65. The van der Waals surface area contributed by atoms with E-state index in [4.69, 9.17) is 4.74 Å². The molecule has 8 nitrogen and oxygen atoms in total. The summed E-state index contributed by atoms with van der Waals surface area (Å²) in [4.78, 5) is 45.0. The Morgan fingerprint density at radius 1 is 1.00 bits per heavy atom. The van der Waals surface area contributed by atoms with Crippen molar-refractivity contribution in [2.75, 3.05) is 6.61 Å². The number of imide groups is 1. The first-order valence-electron chi connectivity index (χ1n) is 7.90. The van der Waals surface area contributed by atoms with Crippen molar-refractivity contribution in [3.63, 3.8) is 0 Å². The number of nitrogens with one attached hydrogen (secondary N) is 1. The number of hydrogen-bond acceptors (Lipinski definition) is 6. The number of rotatable bonds is 7. The van der Waals surface area contributed by atoms with Crippen molar-refractivity contribution in [2.24, 2.45) is 0 Å². The number of amides is 2. The zero-order valence-electron chi connectivity index (χ0n) is 14.2. The second kappa shape index (κ2) is 9.62. The molecule has 0 spiro atoms. The summed E-state index contributed by atoms with van der Waals surface area (Å²) in [5.41, 5.74) is 1.25. The van der Waals surface area contributed by atoms with Crippen LogP contribution >= 0.6 is 0 Å². The number of nitrogens with zero attached hydrogens (tertiary/aromatic N) is 1. The Hall–Kier alpha value is -3.81. The van der Waals surface area contributed by atoms with Gasteiger partial charge in [-0.2, -0.15) is 0 Å². The van der Waals surface area contributed by atoms with Gasteiger partial charge < -0.3 is 4.74 Å². The van der Waals surface area contributed by atoms with Crippen LogP contribution in [0.1, 0.15) is 11.1 Å². The maximum absolute atomic E-state index is 11.7. The van der Waals surface area contributed by atoms with Gasteiger partial charge in [0.2, 0.25) is 5.91 Å². The summed E-state index contributed by atoms with van der Waals surface area (Å²) in [6.45, 7) is -0.593. The average molecular weight is 368 g/mol. The van der Waals surface area contributed by atoms with Crippen molar-refractivity contribution in [2.45, 2.75) is 6.42 Å². The van der Waals surface area contributed by atoms with Gasteiger partial charge >= 0.3 is 5.97 Å². The summed E-state index contributed by atoms with van der Waals surface area (Å²) in [5.74, 6) is -2.00. The molecule has 0 bridgehead atoms. The van der Waals surface area contributed by atoms with Crippen LogP contribution < -0.4 is 5.32 Å². The summed E-state index contributed by atoms with van der Waals surface area (Å²) in [6.07, 6.45) is 2.52. The lowest BCUT2D eigenvalue weighted by molar-refractivity contribution is -0.384. The van der Waals surface area contributed by atoms with Crippen LogP contribution in [0.15, 0.2) is 60.7 Å². The molecule has 27 heavy (non-hydrogen) atoms. The summed E-state index contributed by atoms with van der Waals surface area (Å²) in [5, 5.41) is 12.7. The first-order chi connectivity index (χ1) is 12.9. The largest absolute Gasteiger partial charge is 0.452 e. The fraction of sp³-hybridized carbons (Fsp3) is 0.105. The van der Waals surface area contributed by atoms with E-state index in [1.165, 1.54) is 30.3 Å². The lowest BCUT2D eigenvalue weighted by Crippen LogP contribution is -2.35. The molecule has 0 radical (unpaired) electrons. The first-order valence-corrected chi connectivity index (χ1v) is 7.90. The van der Waals surface area contributed by atoms with E-state index in [-0.39, 0.29) is 12.1 Å². The summed E-state index contributed by atoms with van der Waals surface area (Å²) < 4.78 is 4.74. The monoisotopic (exact) mass is 368 g/mol. The molecule has 0 aliphatic rings. The molecule has 0 aromatic heterocycles. The number of nitro benzene ring substituents is 1. The fourth-order valence-corrected chi connectivity index (χ4v) is 2.07. The normalized spacial score (nSPS) is 10.4. The minimum Gasteiger partial charge on any atom is -0.452 e. The Morgan fingerprint density at radius 2 is 1.67 bits per heavy atom. The van der Waals surface area contributed by atoms with Crippen LogP contribution in [0.5, 0.6) is 0 Å². The molecule has 138 valence electrons. The van der Waals surface area contributed by atoms with Crippen LogP contribution in [0.2, 0.25) is 0 Å². The summed E-state index contributed by atoms with van der Waals surface area (Å²) in [6, 6.07) is 14.4. The number of carbonyl (C=O) groups excluding carboxylic acids is 3. The Bertz CT molecular complexity index is 860. The summed E-state index contributed by atoms with van der Waals surface area (Å²) in [7, 11) is 0. The van der Waals surface area contributed by atoms with Gasteiger partial charge in [-0.1, -0.05) is 30.3 Å². The third-order valence-corrected chi connectivity index (χ3v) is 3.35. The molecule has 2 aromatic carbocycles. The van der Waals surface area contributed by atoms with Crippen LogP contribution in [0, 0.1) is 10.1 Å². The number of carbonyl (C=O) groups is 3. The maximum Gasteiger partial charge on any atom is 0.331 e. The number of nitro groups is 1. The van der Waals surface area contributed by atoms with Crippen LogP contribution in [0.25, 0.3) is 6.08 Å². The highest BCUT2D eigenvalue weighted by atomic mass is 16.6. The van der Waals surface area contributed by atoms with E-state index in [2.05, 4.69) is 5.32 Å². The zero-order chi connectivity index (χ0) is 19.6. The van der Waals surface area contributed by atoms with E-state index in [1.54, 1.807) is 24.3 Å². The van der Waals surface area contributed by atoms with Crippen molar-refractivity contribution in [3.8, 4) is 0 Å². The van der Waals surface area contributed by atoms with Gasteiger partial charge in [-0.25, -0.2) is 4.79 Å². The first kappa shape index (κ1) is 19.5. The van der Waals surface area contributed by atoms with Gasteiger partial charge in [-0.05, 0) is 29.3 Å². The highest BCUT2D eigenvalue weighted by molar-refractivity contribution is 5.97. The van der Waals surface area contributed by atoms with Gasteiger partial charge in [0.05, 0.1) is 11.3 Å². The van der Waals surface area contributed by atoms with E-state index < -0.39 is 29.3 Å². The molecule has 0 unspecified atom stereocenters. The van der Waals surface area contributed by atoms with Gasteiger partial charge in [0.1, 0.15) is 0 Å². The molecule has 2 aromatic rings. The van der Waals surface area contributed by atoms with Crippen molar-refractivity contribution in [3.05, 3.63) is 81.9 Å². The minimum atomic E-state index is -0.779. The Labute approximate surface area is 154 Å². The molecule has 2 amide bonds. The van der Waals surface area contributed by atoms with Gasteiger partial charge in [0, 0.05) is 18.2 Å². The molecule has 8 heteroatoms.